The minimum atomic E-state index is 0.0837. The minimum absolute atomic E-state index is 0.0837. The Morgan fingerprint density at radius 3 is 2.93 bits per heavy atom. The van der Waals surface area contributed by atoms with Crippen LogP contribution in [0.25, 0.3) is 0 Å². The van der Waals surface area contributed by atoms with E-state index in [1.165, 1.54) is 19.4 Å². The number of hydrogen-bond donors (Lipinski definition) is 1. The Kier molecular flexibility index (Phi) is 4.82. The van der Waals surface area contributed by atoms with Gasteiger partial charge in [0.05, 0.1) is 0 Å². The first-order chi connectivity index (χ1) is 7.15. The number of rotatable bonds is 4. The first kappa shape index (κ1) is 12.2. The van der Waals surface area contributed by atoms with E-state index in [-0.39, 0.29) is 5.91 Å². The zero-order valence-corrected chi connectivity index (χ0v) is 9.99. The van der Waals surface area contributed by atoms with E-state index in [4.69, 9.17) is 0 Å². The zero-order chi connectivity index (χ0) is 11.3. The van der Waals surface area contributed by atoms with Crippen molar-refractivity contribution >= 4 is 5.91 Å². The summed E-state index contributed by atoms with van der Waals surface area (Å²) in [5.41, 5.74) is 0. The highest BCUT2D eigenvalue weighted by molar-refractivity contribution is 5.77. The molecule has 0 aromatic heterocycles. The van der Waals surface area contributed by atoms with Crippen LogP contribution >= 0.6 is 0 Å². The van der Waals surface area contributed by atoms with Crippen molar-refractivity contribution in [2.24, 2.45) is 0 Å². The molecule has 3 heteroatoms. The van der Waals surface area contributed by atoms with Crippen molar-refractivity contribution in [1.29, 1.82) is 0 Å². The highest BCUT2D eigenvalue weighted by atomic mass is 16.1. The lowest BCUT2D eigenvalue weighted by atomic mass is 10.1. The number of hydrogen-bond acceptors (Lipinski definition) is 2. The van der Waals surface area contributed by atoms with Crippen LogP contribution in [-0.4, -0.2) is 36.5 Å². The summed E-state index contributed by atoms with van der Waals surface area (Å²) in [4.78, 5) is 13.5. The van der Waals surface area contributed by atoms with Gasteiger partial charge in [-0.3, -0.25) is 9.69 Å². The van der Waals surface area contributed by atoms with Gasteiger partial charge in [0.15, 0.2) is 0 Å². The molecule has 1 atom stereocenters. The Labute approximate surface area is 92.5 Å². The second-order valence-electron chi connectivity index (χ2n) is 4.35. The van der Waals surface area contributed by atoms with E-state index >= 15 is 0 Å². The minimum Gasteiger partial charge on any atom is -0.359 e. The first-order valence-corrected chi connectivity index (χ1v) is 5.78. The van der Waals surface area contributed by atoms with Gasteiger partial charge < -0.3 is 5.32 Å². The van der Waals surface area contributed by atoms with Gasteiger partial charge in [0, 0.05) is 25.6 Å². The van der Waals surface area contributed by atoms with E-state index in [9.17, 15) is 4.79 Å². The van der Waals surface area contributed by atoms with Gasteiger partial charge in [0.1, 0.15) is 0 Å². The molecule has 0 radical (unpaired) electrons. The molecule has 1 N–H and O–H groups in total. The summed E-state index contributed by atoms with van der Waals surface area (Å²) in [6, 6.07) is 1.14. The Hall–Kier alpha value is -0.830. The standard InChI is InChI=1S/C12H22N2O/c1-10(2)14-9-5-7-11(14)6-4-8-12(15)13-3/h4,6,10-11H,5,7-9H2,1-3H3,(H,13,15)/b6-4+. The summed E-state index contributed by atoms with van der Waals surface area (Å²) < 4.78 is 0. The van der Waals surface area contributed by atoms with Crippen LogP contribution in [0.1, 0.15) is 33.1 Å². The predicted molar refractivity (Wildman–Crippen MR) is 62.7 cm³/mol. The third-order valence-electron chi connectivity index (χ3n) is 2.95. The fourth-order valence-corrected chi connectivity index (χ4v) is 2.10. The number of nitrogens with zero attached hydrogens (tertiary/aromatic N) is 1. The molecular formula is C12H22N2O. The molecular weight excluding hydrogens is 188 g/mol. The summed E-state index contributed by atoms with van der Waals surface area (Å²) in [6.07, 6.45) is 7.17. The number of nitrogens with one attached hydrogen (secondary N) is 1. The average Bonchev–Trinajstić information content (AvgIpc) is 2.65. The monoisotopic (exact) mass is 210 g/mol. The van der Waals surface area contributed by atoms with Crippen LogP contribution in [0, 0.1) is 0 Å². The van der Waals surface area contributed by atoms with Crippen molar-refractivity contribution in [1.82, 2.24) is 10.2 Å². The lowest BCUT2D eigenvalue weighted by Gasteiger charge is -2.25. The Bertz CT molecular complexity index is 236. The molecule has 0 aromatic rings. The summed E-state index contributed by atoms with van der Waals surface area (Å²) in [7, 11) is 1.67. The molecule has 1 aliphatic heterocycles. The van der Waals surface area contributed by atoms with Gasteiger partial charge in [-0.05, 0) is 33.2 Å². The van der Waals surface area contributed by atoms with Gasteiger partial charge in [0.25, 0.3) is 0 Å². The van der Waals surface area contributed by atoms with Gasteiger partial charge in [-0.25, -0.2) is 0 Å². The lowest BCUT2D eigenvalue weighted by molar-refractivity contribution is -0.119. The highest BCUT2D eigenvalue weighted by Crippen LogP contribution is 2.20. The molecule has 1 saturated heterocycles. The second-order valence-corrected chi connectivity index (χ2v) is 4.35. The van der Waals surface area contributed by atoms with Crippen molar-refractivity contribution in [2.75, 3.05) is 13.6 Å². The Balaban J connectivity index is 2.39. The fourth-order valence-electron chi connectivity index (χ4n) is 2.10. The normalized spacial score (nSPS) is 22.8. The van der Waals surface area contributed by atoms with Crippen molar-refractivity contribution in [2.45, 2.75) is 45.2 Å². The van der Waals surface area contributed by atoms with E-state index in [0.29, 0.717) is 18.5 Å². The van der Waals surface area contributed by atoms with Crippen LogP contribution < -0.4 is 5.32 Å². The van der Waals surface area contributed by atoms with Gasteiger partial charge in [-0.15, -0.1) is 0 Å². The maximum atomic E-state index is 11.0. The number of carbonyl (C=O) groups is 1. The summed E-state index contributed by atoms with van der Waals surface area (Å²) >= 11 is 0. The highest BCUT2D eigenvalue weighted by Gasteiger charge is 2.23. The molecule has 1 unspecified atom stereocenters. The first-order valence-electron chi connectivity index (χ1n) is 5.78. The van der Waals surface area contributed by atoms with E-state index < -0.39 is 0 Å². The molecule has 1 heterocycles. The topological polar surface area (TPSA) is 32.3 Å². The van der Waals surface area contributed by atoms with E-state index in [1.807, 2.05) is 6.08 Å². The SMILES string of the molecule is CNC(=O)C/C=C/C1CCCN1C(C)C. The summed E-state index contributed by atoms with van der Waals surface area (Å²) in [5, 5.41) is 2.62. The van der Waals surface area contributed by atoms with E-state index in [2.05, 4.69) is 30.1 Å². The maximum absolute atomic E-state index is 11.0. The van der Waals surface area contributed by atoms with Crippen LogP contribution in [0.3, 0.4) is 0 Å². The molecule has 0 aromatic carbocycles. The van der Waals surface area contributed by atoms with Crippen LogP contribution in [-0.2, 0) is 4.79 Å². The molecule has 0 spiro atoms. The molecule has 0 saturated carbocycles. The maximum Gasteiger partial charge on any atom is 0.223 e. The van der Waals surface area contributed by atoms with E-state index in [0.717, 1.165) is 0 Å². The fraction of sp³-hybridized carbons (Fsp3) is 0.750. The third kappa shape index (κ3) is 3.67. The number of amides is 1. The number of likely N-dealkylation sites (tertiary alicyclic amines) is 1. The Morgan fingerprint density at radius 2 is 2.33 bits per heavy atom. The van der Waals surface area contributed by atoms with Gasteiger partial charge >= 0.3 is 0 Å². The molecule has 0 bridgehead atoms. The van der Waals surface area contributed by atoms with Gasteiger partial charge in [0.2, 0.25) is 5.91 Å². The van der Waals surface area contributed by atoms with Gasteiger partial charge in [-0.1, -0.05) is 12.2 Å². The molecule has 1 fully saturated rings. The van der Waals surface area contributed by atoms with Crippen LogP contribution in [0.15, 0.2) is 12.2 Å². The quantitative estimate of drug-likeness (QED) is 0.714. The number of carbonyl (C=O) groups excluding carboxylic acids is 1. The molecule has 86 valence electrons. The molecule has 0 aliphatic carbocycles. The van der Waals surface area contributed by atoms with Crippen molar-refractivity contribution in [3.63, 3.8) is 0 Å². The molecule has 3 nitrogen and oxygen atoms in total. The lowest BCUT2D eigenvalue weighted by Crippen LogP contribution is -2.34. The van der Waals surface area contributed by atoms with Crippen LogP contribution in [0.2, 0.25) is 0 Å². The molecule has 1 amide bonds. The molecule has 1 rings (SSSR count). The predicted octanol–water partition coefficient (Wildman–Crippen LogP) is 1.55. The van der Waals surface area contributed by atoms with Gasteiger partial charge in [-0.2, -0.15) is 0 Å². The van der Waals surface area contributed by atoms with Crippen molar-refractivity contribution < 1.29 is 4.79 Å². The van der Waals surface area contributed by atoms with Crippen molar-refractivity contribution in [3.8, 4) is 0 Å². The molecule has 1 aliphatic rings. The van der Waals surface area contributed by atoms with Crippen LogP contribution in [0.5, 0.6) is 0 Å². The summed E-state index contributed by atoms with van der Waals surface area (Å²) in [6.45, 7) is 5.64. The third-order valence-corrected chi connectivity index (χ3v) is 2.95. The van der Waals surface area contributed by atoms with Crippen LogP contribution in [0.4, 0.5) is 0 Å². The second kappa shape index (κ2) is 5.91. The summed E-state index contributed by atoms with van der Waals surface area (Å²) in [5.74, 6) is 0.0837. The smallest absolute Gasteiger partial charge is 0.223 e. The Morgan fingerprint density at radius 1 is 1.60 bits per heavy atom. The average molecular weight is 210 g/mol. The molecule has 15 heavy (non-hydrogen) atoms. The zero-order valence-electron chi connectivity index (χ0n) is 9.99. The van der Waals surface area contributed by atoms with E-state index in [1.54, 1.807) is 7.05 Å². The van der Waals surface area contributed by atoms with Crippen molar-refractivity contribution in [3.05, 3.63) is 12.2 Å². The largest absolute Gasteiger partial charge is 0.359 e.